The number of aryl methyl sites for hydroxylation is 4. The molecule has 1 fully saturated rings. The van der Waals surface area contributed by atoms with Gasteiger partial charge >= 0.3 is 19.3 Å². The Kier molecular flexibility index (Phi) is 20.7. The van der Waals surface area contributed by atoms with E-state index in [0.717, 1.165) is 61.1 Å². The Morgan fingerprint density at radius 3 is 1.17 bits per heavy atom. The Bertz CT molecular complexity index is 3630. The van der Waals surface area contributed by atoms with Crippen LogP contribution < -0.4 is 50.3 Å². The van der Waals surface area contributed by atoms with Gasteiger partial charge in [-0.25, -0.2) is 9.59 Å². The molecule has 0 atom stereocenters. The summed E-state index contributed by atoms with van der Waals surface area (Å²) in [6, 6.07) is 11.4. The third kappa shape index (κ3) is 14.7. The van der Waals surface area contributed by atoms with Crippen LogP contribution in [0.25, 0.3) is 44.1 Å². The Morgan fingerprint density at radius 1 is 0.558 bits per heavy atom. The van der Waals surface area contributed by atoms with Gasteiger partial charge in [-0.3, -0.25) is 19.0 Å². The molecule has 1 aliphatic heterocycles. The topological polar surface area (TPSA) is 225 Å². The third-order valence-electron chi connectivity index (χ3n) is 14.7. The number of nitrogens with one attached hydrogen (secondary N) is 1. The molecule has 0 bridgehead atoms. The fourth-order valence-electron chi connectivity index (χ4n) is 9.56. The van der Waals surface area contributed by atoms with E-state index in [1.54, 1.807) is 117 Å². The Labute approximate surface area is 504 Å². The van der Waals surface area contributed by atoms with E-state index >= 15 is 0 Å². The van der Waals surface area contributed by atoms with Crippen LogP contribution in [-0.4, -0.2) is 144 Å². The number of methoxy groups -OCH3 is 6. The molecule has 3 aromatic carbocycles. The second kappa shape index (κ2) is 26.6. The van der Waals surface area contributed by atoms with Crippen LogP contribution in [-0.2, 0) is 66.6 Å². The highest BCUT2D eigenvalue weighted by Crippen LogP contribution is 2.41. The minimum absolute atomic E-state index is 0.0792. The second-order valence-corrected chi connectivity index (χ2v) is 23.9. The van der Waals surface area contributed by atoms with Crippen molar-refractivity contribution < 1.29 is 56.8 Å². The monoisotopic (exact) mass is 1190 g/mol. The minimum atomic E-state index is -0.596. The highest BCUT2D eigenvalue weighted by Gasteiger charge is 2.52. The predicted octanol–water partition coefficient (Wildman–Crippen LogP) is 8.37. The largest absolute Gasteiger partial charge is 0.496 e. The fraction of sp³-hybridized carbons (Fsp3) is 0.484. The zero-order chi connectivity index (χ0) is 64.1. The highest BCUT2D eigenvalue weighted by atomic mass is 16.7. The summed E-state index contributed by atoms with van der Waals surface area (Å²) in [6.07, 6.45) is 6.12. The first-order valence-corrected chi connectivity index (χ1v) is 27.8. The van der Waals surface area contributed by atoms with Gasteiger partial charge in [0, 0.05) is 88.7 Å². The SMILES string of the molecule is CNCc1c(OC)cc(-c2cn(C)c(=O)c3c2cnn3C)cc1OC.COc1cc(-c2cn(C)c(=O)c3c2cnn3C)cc(OC)c1CN(C)C(=O)OC(C)(C)C.COc1cc(B2OC(C)(C)C(C)(C)O2)cc(OC)c1CN(C)C(=O)OC(C)(C)C. The molecule has 1 saturated heterocycles. The zero-order valence-corrected chi connectivity index (χ0v) is 54.3. The average Bonchev–Trinajstić information content (AvgIpc) is 1.68. The van der Waals surface area contributed by atoms with E-state index in [1.165, 1.54) is 14.4 Å². The molecule has 86 heavy (non-hydrogen) atoms. The minimum Gasteiger partial charge on any atom is -0.496 e. The van der Waals surface area contributed by atoms with Crippen LogP contribution in [0.1, 0.15) is 85.9 Å². The van der Waals surface area contributed by atoms with Crippen LogP contribution in [0.2, 0.25) is 0 Å². The van der Waals surface area contributed by atoms with E-state index in [9.17, 15) is 19.2 Å². The van der Waals surface area contributed by atoms with Gasteiger partial charge in [-0.1, -0.05) is 0 Å². The molecule has 24 heteroatoms. The molecule has 1 aliphatic rings. The number of carbonyl (C=O) groups is 2. The molecule has 7 aromatic rings. The maximum Gasteiger partial charge on any atom is 0.495 e. The van der Waals surface area contributed by atoms with Crippen molar-refractivity contribution in [2.45, 2.75) is 111 Å². The van der Waals surface area contributed by atoms with E-state index in [2.05, 4.69) is 15.5 Å². The number of rotatable bonds is 15. The number of hydrogen-bond acceptors (Lipinski definition) is 17. The van der Waals surface area contributed by atoms with Crippen LogP contribution in [0.3, 0.4) is 0 Å². The standard InChI is InChI=1S/C23H30N4O5.C21H34BNO6.C18H22N4O3/c1-23(2,3)32-22(29)26(5)13-17-18(30-7)9-14(10-19(17)31-8)16-12-25(4)21(28)20-15(16)11-24-27(20)6;1-19(2,3)27-18(24)23(8)13-15-16(25-9)11-14(12-17(15)26-10)22-28-20(4,5)21(6,7)29-22;1-19-8-13-15(24-4)6-11(7-16(13)25-5)14-10-21(2)18(23)17-12(14)9-20-22(17)3/h9-12H,13H2,1-8H3;11-12H,13H2,1-10H3;6-7,9-10,19H,8H2,1-5H3. The van der Waals surface area contributed by atoms with Crippen molar-refractivity contribution in [3.63, 3.8) is 0 Å². The number of hydrogen-bond donors (Lipinski definition) is 1. The van der Waals surface area contributed by atoms with E-state index in [4.69, 9.17) is 47.2 Å². The zero-order valence-electron chi connectivity index (χ0n) is 54.3. The van der Waals surface area contributed by atoms with Gasteiger partial charge in [0.1, 0.15) is 56.7 Å². The average molecular weight is 1190 g/mol. The lowest BCUT2D eigenvalue weighted by Gasteiger charge is -2.32. The first-order chi connectivity index (χ1) is 40.2. The van der Waals surface area contributed by atoms with Crippen molar-refractivity contribution in [1.29, 1.82) is 0 Å². The molecule has 4 aromatic heterocycles. The van der Waals surface area contributed by atoms with Crippen molar-refractivity contribution in [3.05, 3.63) is 98.6 Å². The van der Waals surface area contributed by atoms with E-state index in [1.807, 2.05) is 119 Å². The number of pyridine rings is 2. The molecule has 0 spiro atoms. The quantitative estimate of drug-likeness (QED) is 0.0952. The maximum atomic E-state index is 12.6. The van der Waals surface area contributed by atoms with Crippen molar-refractivity contribution in [3.8, 4) is 56.8 Å². The van der Waals surface area contributed by atoms with Crippen LogP contribution >= 0.6 is 0 Å². The van der Waals surface area contributed by atoms with Crippen LogP contribution in [0.15, 0.2) is 70.8 Å². The Balaban J connectivity index is 0.000000208. The lowest BCUT2D eigenvalue weighted by molar-refractivity contribution is 0.00578. The molecule has 0 radical (unpaired) electrons. The van der Waals surface area contributed by atoms with Gasteiger partial charge in [-0.2, -0.15) is 10.2 Å². The third-order valence-corrected chi connectivity index (χ3v) is 14.7. The highest BCUT2D eigenvalue weighted by molar-refractivity contribution is 6.62. The fourth-order valence-corrected chi connectivity index (χ4v) is 9.56. The number of fused-ring (bicyclic) bond motifs is 2. The van der Waals surface area contributed by atoms with Crippen molar-refractivity contribution in [2.75, 3.05) is 63.8 Å². The van der Waals surface area contributed by atoms with Crippen LogP contribution in [0.5, 0.6) is 34.5 Å². The van der Waals surface area contributed by atoms with Gasteiger partial charge in [0.2, 0.25) is 0 Å². The van der Waals surface area contributed by atoms with Crippen molar-refractivity contribution in [2.24, 2.45) is 28.2 Å². The lowest BCUT2D eigenvalue weighted by atomic mass is 9.78. The van der Waals surface area contributed by atoms with Gasteiger partial charge < -0.3 is 71.5 Å². The second-order valence-electron chi connectivity index (χ2n) is 23.9. The number of amides is 2. The normalized spacial score (nSPS) is 13.5. The number of aromatic nitrogens is 6. The molecule has 5 heterocycles. The van der Waals surface area contributed by atoms with Gasteiger partial charge in [0.15, 0.2) is 0 Å². The molecule has 0 unspecified atom stereocenters. The van der Waals surface area contributed by atoms with Gasteiger partial charge in [0.05, 0.1) is 90.5 Å². The molecule has 466 valence electrons. The summed E-state index contributed by atoms with van der Waals surface area (Å²) >= 11 is 0. The molecular formula is C62H86BN9O14. The summed E-state index contributed by atoms with van der Waals surface area (Å²) in [4.78, 5) is 52.8. The molecule has 1 N–H and O–H groups in total. The summed E-state index contributed by atoms with van der Waals surface area (Å²) in [5.74, 6) is 3.75. The Morgan fingerprint density at radius 2 is 0.872 bits per heavy atom. The molecule has 0 saturated carbocycles. The first-order valence-electron chi connectivity index (χ1n) is 27.8. The number of carbonyl (C=O) groups excluding carboxylic acids is 2. The van der Waals surface area contributed by atoms with E-state index < -0.39 is 41.7 Å². The summed E-state index contributed by atoms with van der Waals surface area (Å²) in [7, 11) is 21.2. The molecule has 2 amide bonds. The lowest BCUT2D eigenvalue weighted by Crippen LogP contribution is -2.41. The van der Waals surface area contributed by atoms with Crippen molar-refractivity contribution in [1.82, 2.24) is 43.8 Å². The molecule has 0 aliphatic carbocycles. The molecule has 8 rings (SSSR count). The summed E-state index contributed by atoms with van der Waals surface area (Å²) in [5, 5.41) is 13.2. The van der Waals surface area contributed by atoms with Gasteiger partial charge in [-0.15, -0.1) is 0 Å². The Hall–Kier alpha value is -8.22. The van der Waals surface area contributed by atoms with Crippen LogP contribution in [0.4, 0.5) is 9.59 Å². The summed E-state index contributed by atoms with van der Waals surface area (Å²) in [5.41, 5.74) is 5.42. The van der Waals surface area contributed by atoms with Crippen molar-refractivity contribution >= 4 is 46.6 Å². The van der Waals surface area contributed by atoms with E-state index in [-0.39, 0.29) is 24.2 Å². The van der Waals surface area contributed by atoms with Crippen LogP contribution in [0, 0.1) is 0 Å². The van der Waals surface area contributed by atoms with Gasteiger partial charge in [0.25, 0.3) is 11.1 Å². The van der Waals surface area contributed by atoms with Gasteiger partial charge in [-0.05, 0) is 129 Å². The number of nitrogens with zero attached hydrogens (tertiary/aromatic N) is 8. The number of benzene rings is 3. The smallest absolute Gasteiger partial charge is 0.495 e. The number of ether oxygens (including phenoxy) is 8. The predicted molar refractivity (Wildman–Crippen MR) is 332 cm³/mol. The molecular weight excluding hydrogens is 1110 g/mol. The summed E-state index contributed by atoms with van der Waals surface area (Å²) < 4.78 is 63.1. The molecule has 23 nitrogen and oxygen atoms in total. The summed E-state index contributed by atoms with van der Waals surface area (Å²) in [6.45, 7) is 20.1. The van der Waals surface area contributed by atoms with E-state index in [0.29, 0.717) is 46.1 Å². The maximum absolute atomic E-state index is 12.6. The first kappa shape index (κ1) is 66.9.